The van der Waals surface area contributed by atoms with Crippen LogP contribution >= 0.6 is 0 Å². The first-order valence-electron chi connectivity index (χ1n) is 7.66. The van der Waals surface area contributed by atoms with Crippen molar-refractivity contribution in [2.45, 2.75) is 53.1 Å². The molecule has 0 bridgehead atoms. The minimum absolute atomic E-state index is 0.213. The normalized spacial score (nSPS) is 11.3. The van der Waals surface area contributed by atoms with Gasteiger partial charge in [0.05, 0.1) is 11.4 Å². The molecule has 0 spiro atoms. The summed E-state index contributed by atoms with van der Waals surface area (Å²) in [6, 6.07) is 3.76. The molecule has 0 aliphatic heterocycles. The maximum atomic E-state index is 13.4. The molecule has 1 rings (SSSR count). The lowest BCUT2D eigenvalue weighted by Crippen LogP contribution is -2.27. The molecule has 0 fully saturated rings. The fraction of sp³-hybridized carbons (Fsp3) is 0.529. The molecule has 2 amide bonds. The molecule has 0 radical (unpaired) electrons. The molecule has 2 N–H and O–H groups in total. The molecule has 1 aromatic rings. The van der Waals surface area contributed by atoms with Gasteiger partial charge >= 0.3 is 6.09 Å². The number of carbonyl (C=O) groups is 2. The molecule has 0 saturated heterocycles. The van der Waals surface area contributed by atoms with Crippen LogP contribution in [-0.4, -0.2) is 17.6 Å². The van der Waals surface area contributed by atoms with Crippen LogP contribution in [0, 0.1) is 11.7 Å². The summed E-state index contributed by atoms with van der Waals surface area (Å²) in [5.74, 6) is -0.331. The fourth-order valence-electron chi connectivity index (χ4n) is 1.77. The number of hydrogen-bond donors (Lipinski definition) is 2. The molecule has 6 heteroatoms. The van der Waals surface area contributed by atoms with E-state index in [9.17, 15) is 14.0 Å². The van der Waals surface area contributed by atoms with Crippen molar-refractivity contribution in [2.75, 3.05) is 10.6 Å². The van der Waals surface area contributed by atoms with Gasteiger partial charge in [-0.15, -0.1) is 0 Å². The standard InChI is InChI=1S/C17H25FN2O3/c1-11(2)6-9-15(21)19-14-10-12(18)7-8-13(14)20-16(22)23-17(3,4)5/h7-8,10-11H,6,9H2,1-5H3,(H,19,21)(H,20,22). The van der Waals surface area contributed by atoms with Gasteiger partial charge < -0.3 is 10.1 Å². The van der Waals surface area contributed by atoms with E-state index in [4.69, 9.17) is 4.74 Å². The van der Waals surface area contributed by atoms with Crippen LogP contribution in [0.4, 0.5) is 20.6 Å². The fourth-order valence-corrected chi connectivity index (χ4v) is 1.77. The molecule has 1 aromatic carbocycles. The SMILES string of the molecule is CC(C)CCC(=O)Nc1cc(F)ccc1NC(=O)OC(C)(C)C. The molecule has 0 aromatic heterocycles. The minimum atomic E-state index is -0.665. The van der Waals surface area contributed by atoms with Crippen LogP contribution in [0.3, 0.4) is 0 Å². The molecular formula is C17H25FN2O3. The summed E-state index contributed by atoms with van der Waals surface area (Å²) >= 11 is 0. The van der Waals surface area contributed by atoms with Crippen molar-refractivity contribution in [1.82, 2.24) is 0 Å². The Morgan fingerprint density at radius 2 is 1.83 bits per heavy atom. The number of amides is 2. The number of halogens is 1. The van der Waals surface area contributed by atoms with Gasteiger partial charge in [0.1, 0.15) is 11.4 Å². The Labute approximate surface area is 136 Å². The molecule has 0 aliphatic carbocycles. The monoisotopic (exact) mass is 324 g/mol. The summed E-state index contributed by atoms with van der Waals surface area (Å²) in [6.07, 6.45) is 0.400. The van der Waals surface area contributed by atoms with E-state index in [0.29, 0.717) is 18.0 Å². The van der Waals surface area contributed by atoms with Crippen LogP contribution in [0.15, 0.2) is 18.2 Å². The average molecular weight is 324 g/mol. The summed E-state index contributed by atoms with van der Waals surface area (Å²) in [5, 5.41) is 5.15. The van der Waals surface area contributed by atoms with Crippen molar-refractivity contribution in [3.63, 3.8) is 0 Å². The molecule has 0 aliphatic rings. The highest BCUT2D eigenvalue weighted by Crippen LogP contribution is 2.24. The van der Waals surface area contributed by atoms with Gasteiger partial charge in [-0.1, -0.05) is 13.8 Å². The number of hydrogen-bond acceptors (Lipinski definition) is 3. The van der Waals surface area contributed by atoms with Gasteiger partial charge in [0.2, 0.25) is 5.91 Å². The Kier molecular flexibility index (Phi) is 6.54. The summed E-state index contributed by atoms with van der Waals surface area (Å²) < 4.78 is 18.6. The van der Waals surface area contributed by atoms with Gasteiger partial charge in [0, 0.05) is 6.42 Å². The molecule has 23 heavy (non-hydrogen) atoms. The Balaban J connectivity index is 2.80. The van der Waals surface area contributed by atoms with Crippen molar-refractivity contribution >= 4 is 23.4 Å². The molecule has 5 nitrogen and oxygen atoms in total. The second-order valence-electron chi connectivity index (χ2n) is 6.80. The predicted octanol–water partition coefficient (Wildman–Crippen LogP) is 4.55. The van der Waals surface area contributed by atoms with Crippen molar-refractivity contribution in [3.8, 4) is 0 Å². The van der Waals surface area contributed by atoms with Crippen molar-refractivity contribution in [3.05, 3.63) is 24.0 Å². The second kappa shape index (κ2) is 7.94. The number of benzene rings is 1. The highest BCUT2D eigenvalue weighted by Gasteiger charge is 2.18. The van der Waals surface area contributed by atoms with Gasteiger partial charge in [-0.05, 0) is 51.3 Å². The Morgan fingerprint density at radius 3 is 2.39 bits per heavy atom. The minimum Gasteiger partial charge on any atom is -0.444 e. The van der Waals surface area contributed by atoms with E-state index in [1.54, 1.807) is 20.8 Å². The number of rotatable bonds is 5. The van der Waals surface area contributed by atoms with Gasteiger partial charge in [-0.25, -0.2) is 9.18 Å². The molecule has 0 atom stereocenters. The smallest absolute Gasteiger partial charge is 0.412 e. The van der Waals surface area contributed by atoms with E-state index in [0.717, 1.165) is 6.42 Å². The summed E-state index contributed by atoms with van der Waals surface area (Å²) in [4.78, 5) is 23.7. The first kappa shape index (κ1) is 18.9. The highest BCUT2D eigenvalue weighted by atomic mass is 19.1. The zero-order valence-electron chi connectivity index (χ0n) is 14.3. The van der Waals surface area contributed by atoms with Crippen LogP contribution in [-0.2, 0) is 9.53 Å². The quantitative estimate of drug-likeness (QED) is 0.835. The lowest BCUT2D eigenvalue weighted by atomic mass is 10.1. The first-order chi connectivity index (χ1) is 10.6. The maximum Gasteiger partial charge on any atom is 0.412 e. The van der Waals surface area contributed by atoms with Gasteiger partial charge in [0.15, 0.2) is 0 Å². The largest absolute Gasteiger partial charge is 0.444 e. The third kappa shape index (κ3) is 7.63. The van der Waals surface area contributed by atoms with Crippen LogP contribution in [0.2, 0.25) is 0 Å². The van der Waals surface area contributed by atoms with E-state index in [2.05, 4.69) is 10.6 Å². The summed E-state index contributed by atoms with van der Waals surface area (Å²) in [7, 11) is 0. The van der Waals surface area contributed by atoms with E-state index in [1.807, 2.05) is 13.8 Å². The van der Waals surface area contributed by atoms with E-state index >= 15 is 0 Å². The zero-order chi connectivity index (χ0) is 17.6. The number of anilines is 2. The van der Waals surface area contributed by atoms with E-state index in [-0.39, 0.29) is 11.6 Å². The molecule has 0 saturated carbocycles. The van der Waals surface area contributed by atoms with E-state index in [1.165, 1.54) is 18.2 Å². The topological polar surface area (TPSA) is 67.4 Å². The molecule has 128 valence electrons. The highest BCUT2D eigenvalue weighted by molar-refractivity contribution is 5.97. The van der Waals surface area contributed by atoms with Crippen LogP contribution in [0.5, 0.6) is 0 Å². The number of ether oxygens (including phenoxy) is 1. The third-order valence-corrected chi connectivity index (χ3v) is 2.84. The molecular weight excluding hydrogens is 299 g/mol. The van der Waals surface area contributed by atoms with Crippen molar-refractivity contribution < 1.29 is 18.7 Å². The third-order valence-electron chi connectivity index (χ3n) is 2.84. The molecule has 0 unspecified atom stereocenters. The Morgan fingerprint density at radius 1 is 1.17 bits per heavy atom. The van der Waals surface area contributed by atoms with Crippen LogP contribution < -0.4 is 10.6 Å². The first-order valence-corrected chi connectivity index (χ1v) is 7.66. The summed E-state index contributed by atoms with van der Waals surface area (Å²) in [6.45, 7) is 9.26. The van der Waals surface area contributed by atoms with Crippen LogP contribution in [0.25, 0.3) is 0 Å². The second-order valence-corrected chi connectivity index (χ2v) is 6.80. The zero-order valence-corrected chi connectivity index (χ0v) is 14.3. The van der Waals surface area contributed by atoms with Gasteiger partial charge in [-0.3, -0.25) is 10.1 Å². The van der Waals surface area contributed by atoms with Gasteiger partial charge in [0.25, 0.3) is 0 Å². The summed E-state index contributed by atoms with van der Waals surface area (Å²) in [5.41, 5.74) is -0.145. The van der Waals surface area contributed by atoms with Crippen molar-refractivity contribution in [1.29, 1.82) is 0 Å². The number of nitrogens with one attached hydrogen (secondary N) is 2. The molecule has 0 heterocycles. The average Bonchev–Trinajstić information content (AvgIpc) is 2.37. The predicted molar refractivity (Wildman–Crippen MR) is 89.0 cm³/mol. The number of carbonyl (C=O) groups excluding carboxylic acids is 2. The van der Waals surface area contributed by atoms with Crippen molar-refractivity contribution in [2.24, 2.45) is 5.92 Å². The lowest BCUT2D eigenvalue weighted by Gasteiger charge is -2.20. The lowest BCUT2D eigenvalue weighted by molar-refractivity contribution is -0.116. The van der Waals surface area contributed by atoms with E-state index < -0.39 is 17.5 Å². The van der Waals surface area contributed by atoms with Gasteiger partial charge in [-0.2, -0.15) is 0 Å². The maximum absolute atomic E-state index is 13.4. The van der Waals surface area contributed by atoms with Crippen LogP contribution in [0.1, 0.15) is 47.5 Å². The Hall–Kier alpha value is -2.11. The Bertz CT molecular complexity index is 565.